The van der Waals surface area contributed by atoms with E-state index in [0.717, 1.165) is 17.7 Å². The summed E-state index contributed by atoms with van der Waals surface area (Å²) in [4.78, 5) is 18.0. The molecule has 1 fully saturated rings. The number of benzene rings is 2. The van der Waals surface area contributed by atoms with Crippen molar-refractivity contribution in [3.05, 3.63) is 60.0 Å². The Labute approximate surface area is 159 Å². The van der Waals surface area contributed by atoms with Crippen molar-refractivity contribution in [1.29, 1.82) is 0 Å². The minimum absolute atomic E-state index is 0.0399. The first-order valence-electron chi connectivity index (χ1n) is 8.87. The van der Waals surface area contributed by atoms with Crippen LogP contribution in [0, 0.1) is 11.6 Å². The molecule has 1 amide bonds. The molecule has 0 N–H and O–H groups in total. The van der Waals surface area contributed by atoms with Gasteiger partial charge in [0.25, 0.3) is 0 Å². The van der Waals surface area contributed by atoms with Crippen LogP contribution in [0.4, 0.5) is 14.5 Å². The SMILES string of the molecule is CCOc1cccc(-c2noc(C3CC(=O)N(c4ccc(F)cc4F)C3)n2)c1. The van der Waals surface area contributed by atoms with E-state index in [1.807, 2.05) is 25.1 Å². The van der Waals surface area contributed by atoms with E-state index in [9.17, 15) is 13.6 Å². The second kappa shape index (κ2) is 7.38. The average Bonchev–Trinajstić information content (AvgIpc) is 3.30. The molecule has 8 heteroatoms. The van der Waals surface area contributed by atoms with E-state index in [0.29, 0.717) is 24.1 Å². The van der Waals surface area contributed by atoms with E-state index in [1.54, 1.807) is 6.07 Å². The van der Waals surface area contributed by atoms with Crippen LogP contribution in [0.25, 0.3) is 11.4 Å². The van der Waals surface area contributed by atoms with Crippen molar-refractivity contribution in [2.24, 2.45) is 0 Å². The molecule has 1 saturated heterocycles. The van der Waals surface area contributed by atoms with Crippen LogP contribution in [0.1, 0.15) is 25.2 Å². The van der Waals surface area contributed by atoms with Crippen LogP contribution in [0.3, 0.4) is 0 Å². The number of rotatable bonds is 5. The smallest absolute Gasteiger partial charge is 0.232 e. The van der Waals surface area contributed by atoms with Gasteiger partial charge in [-0.2, -0.15) is 4.98 Å². The Kier molecular flexibility index (Phi) is 4.77. The Morgan fingerprint density at radius 3 is 2.89 bits per heavy atom. The largest absolute Gasteiger partial charge is 0.494 e. The fourth-order valence-electron chi connectivity index (χ4n) is 3.22. The summed E-state index contributed by atoms with van der Waals surface area (Å²) < 4.78 is 38.0. The zero-order valence-electron chi connectivity index (χ0n) is 15.1. The summed E-state index contributed by atoms with van der Waals surface area (Å²) in [6, 6.07) is 10.4. The van der Waals surface area contributed by atoms with Gasteiger partial charge in [0, 0.05) is 24.6 Å². The molecule has 0 radical (unpaired) electrons. The van der Waals surface area contributed by atoms with Crippen LogP contribution < -0.4 is 9.64 Å². The zero-order chi connectivity index (χ0) is 19.7. The maximum atomic E-state index is 14.0. The first-order chi connectivity index (χ1) is 13.5. The molecule has 0 spiro atoms. The molecule has 4 rings (SSSR count). The molecule has 1 atom stereocenters. The normalized spacial score (nSPS) is 16.6. The summed E-state index contributed by atoms with van der Waals surface area (Å²) in [5, 5.41) is 3.99. The van der Waals surface area contributed by atoms with Crippen molar-refractivity contribution in [1.82, 2.24) is 10.1 Å². The summed E-state index contributed by atoms with van der Waals surface area (Å²) in [6.45, 7) is 2.62. The molecule has 2 aromatic carbocycles. The van der Waals surface area contributed by atoms with Gasteiger partial charge in [-0.05, 0) is 31.2 Å². The lowest BCUT2D eigenvalue weighted by atomic mass is 10.1. The number of halogens is 2. The molecular formula is C20H17F2N3O3. The Bertz CT molecular complexity index is 1020. The molecule has 1 aliphatic heterocycles. The maximum Gasteiger partial charge on any atom is 0.232 e. The fourth-order valence-corrected chi connectivity index (χ4v) is 3.22. The molecule has 3 aromatic rings. The van der Waals surface area contributed by atoms with Crippen LogP contribution in [0.15, 0.2) is 47.0 Å². The fraction of sp³-hybridized carbons (Fsp3) is 0.250. The summed E-state index contributed by atoms with van der Waals surface area (Å²) >= 11 is 0. The quantitative estimate of drug-likeness (QED) is 0.666. The first-order valence-corrected chi connectivity index (χ1v) is 8.87. The number of hydrogen-bond acceptors (Lipinski definition) is 5. The molecule has 0 bridgehead atoms. The average molecular weight is 385 g/mol. The van der Waals surface area contributed by atoms with Crippen LogP contribution in [-0.4, -0.2) is 29.2 Å². The standard InChI is InChI=1S/C20H17F2N3O3/c1-2-27-15-5-3-4-12(8-15)19-23-20(28-24-19)13-9-18(26)25(11-13)17-7-6-14(21)10-16(17)22/h3-8,10,13H,2,9,11H2,1H3. The predicted octanol–water partition coefficient (Wildman–Crippen LogP) is 3.93. The lowest BCUT2D eigenvalue weighted by Crippen LogP contribution is -2.25. The van der Waals surface area contributed by atoms with Gasteiger partial charge in [-0.3, -0.25) is 4.79 Å². The van der Waals surface area contributed by atoms with Crippen molar-refractivity contribution in [3.8, 4) is 17.1 Å². The van der Waals surface area contributed by atoms with Gasteiger partial charge in [0.05, 0.1) is 18.2 Å². The second-order valence-corrected chi connectivity index (χ2v) is 6.42. The Hall–Kier alpha value is -3.29. The molecule has 1 aliphatic rings. The number of amides is 1. The van der Waals surface area contributed by atoms with Crippen molar-refractivity contribution < 1.29 is 22.8 Å². The second-order valence-electron chi connectivity index (χ2n) is 6.42. The molecular weight excluding hydrogens is 368 g/mol. The number of aromatic nitrogens is 2. The van der Waals surface area contributed by atoms with Gasteiger partial charge in [0.15, 0.2) is 0 Å². The Morgan fingerprint density at radius 1 is 1.25 bits per heavy atom. The third kappa shape index (κ3) is 3.45. The summed E-state index contributed by atoms with van der Waals surface area (Å²) in [5.74, 6) is -0.749. The molecule has 1 aromatic heterocycles. The van der Waals surface area contributed by atoms with Crippen molar-refractivity contribution in [2.45, 2.75) is 19.3 Å². The van der Waals surface area contributed by atoms with Crippen LogP contribution >= 0.6 is 0 Å². The molecule has 6 nitrogen and oxygen atoms in total. The summed E-state index contributed by atoms with van der Waals surface area (Å²) in [5.41, 5.74) is 0.768. The number of hydrogen-bond donors (Lipinski definition) is 0. The topological polar surface area (TPSA) is 68.5 Å². The van der Waals surface area contributed by atoms with Gasteiger partial charge in [-0.25, -0.2) is 8.78 Å². The van der Waals surface area contributed by atoms with Gasteiger partial charge >= 0.3 is 0 Å². The number of ether oxygens (including phenoxy) is 1. The zero-order valence-corrected chi connectivity index (χ0v) is 15.1. The molecule has 1 unspecified atom stereocenters. The highest BCUT2D eigenvalue weighted by molar-refractivity contribution is 5.96. The van der Waals surface area contributed by atoms with Crippen molar-refractivity contribution >= 4 is 11.6 Å². The molecule has 28 heavy (non-hydrogen) atoms. The van der Waals surface area contributed by atoms with Gasteiger partial charge in [-0.1, -0.05) is 17.3 Å². The van der Waals surface area contributed by atoms with E-state index < -0.39 is 11.6 Å². The number of carbonyl (C=O) groups excluding carboxylic acids is 1. The van der Waals surface area contributed by atoms with Gasteiger partial charge in [0.2, 0.25) is 17.6 Å². The minimum atomic E-state index is -0.784. The monoisotopic (exact) mass is 385 g/mol. The lowest BCUT2D eigenvalue weighted by molar-refractivity contribution is -0.117. The van der Waals surface area contributed by atoms with E-state index in [-0.39, 0.29) is 30.5 Å². The number of carbonyl (C=O) groups is 1. The highest BCUT2D eigenvalue weighted by Gasteiger charge is 2.36. The van der Waals surface area contributed by atoms with Crippen LogP contribution in [0.2, 0.25) is 0 Å². The van der Waals surface area contributed by atoms with Gasteiger partial charge in [-0.15, -0.1) is 0 Å². The van der Waals surface area contributed by atoms with Gasteiger partial charge < -0.3 is 14.2 Å². The Morgan fingerprint density at radius 2 is 2.11 bits per heavy atom. The minimum Gasteiger partial charge on any atom is -0.494 e. The van der Waals surface area contributed by atoms with Gasteiger partial charge in [0.1, 0.15) is 17.4 Å². The highest BCUT2D eigenvalue weighted by atomic mass is 19.1. The molecule has 0 aliphatic carbocycles. The molecule has 144 valence electrons. The lowest BCUT2D eigenvalue weighted by Gasteiger charge is -2.16. The third-order valence-corrected chi connectivity index (χ3v) is 4.52. The Balaban J connectivity index is 1.55. The maximum absolute atomic E-state index is 14.0. The van der Waals surface area contributed by atoms with Crippen LogP contribution in [-0.2, 0) is 4.79 Å². The van der Waals surface area contributed by atoms with E-state index >= 15 is 0 Å². The molecule has 2 heterocycles. The van der Waals surface area contributed by atoms with Crippen LogP contribution in [0.5, 0.6) is 5.75 Å². The first kappa shape index (κ1) is 18.1. The summed E-state index contributed by atoms with van der Waals surface area (Å²) in [6.07, 6.45) is 0.109. The van der Waals surface area contributed by atoms with Crippen molar-refractivity contribution in [3.63, 3.8) is 0 Å². The van der Waals surface area contributed by atoms with E-state index in [2.05, 4.69) is 10.1 Å². The predicted molar refractivity (Wildman–Crippen MR) is 97.0 cm³/mol. The molecule has 0 saturated carbocycles. The number of nitrogens with zero attached hydrogens (tertiary/aromatic N) is 3. The summed E-state index contributed by atoms with van der Waals surface area (Å²) in [7, 11) is 0. The van der Waals surface area contributed by atoms with Crippen molar-refractivity contribution in [2.75, 3.05) is 18.1 Å². The highest BCUT2D eigenvalue weighted by Crippen LogP contribution is 2.33. The third-order valence-electron chi connectivity index (χ3n) is 4.52. The number of anilines is 1. The van der Waals surface area contributed by atoms with E-state index in [4.69, 9.17) is 9.26 Å². The van der Waals surface area contributed by atoms with E-state index in [1.165, 1.54) is 11.0 Å².